The monoisotopic (exact) mass is 235 g/mol. The van der Waals surface area contributed by atoms with E-state index in [1.165, 1.54) is 11.1 Å². The number of nitrogens with one attached hydrogen (secondary N) is 1. The molecule has 0 heterocycles. The molecule has 1 aromatic carbocycles. The Labute approximate surface area is 105 Å². The zero-order valence-electron chi connectivity index (χ0n) is 11.3. The summed E-state index contributed by atoms with van der Waals surface area (Å²) in [5, 5.41) is 3.39. The predicted octanol–water partition coefficient (Wildman–Crippen LogP) is 3.33. The van der Waals surface area contributed by atoms with Gasteiger partial charge in [0.05, 0.1) is 0 Å². The fourth-order valence-corrected chi connectivity index (χ4v) is 2.04. The van der Waals surface area contributed by atoms with Crippen LogP contribution in [0.5, 0.6) is 0 Å². The summed E-state index contributed by atoms with van der Waals surface area (Å²) in [5.74, 6) is 0. The minimum atomic E-state index is 0.446. The molecule has 0 aliphatic carbocycles. The van der Waals surface area contributed by atoms with E-state index in [4.69, 9.17) is 4.74 Å². The van der Waals surface area contributed by atoms with Gasteiger partial charge < -0.3 is 10.1 Å². The maximum atomic E-state index is 5.38. The van der Waals surface area contributed by atoms with E-state index in [1.54, 1.807) is 0 Å². The highest BCUT2D eigenvalue weighted by molar-refractivity contribution is 5.26. The molecule has 0 fully saturated rings. The molecular formula is C15H25NO. The third-order valence-corrected chi connectivity index (χ3v) is 3.10. The number of benzene rings is 1. The van der Waals surface area contributed by atoms with Crippen LogP contribution < -0.4 is 5.32 Å². The minimum absolute atomic E-state index is 0.446. The molecule has 1 atom stereocenters. The lowest BCUT2D eigenvalue weighted by Gasteiger charge is -2.17. The largest absolute Gasteiger partial charge is 0.382 e. The molecule has 0 spiro atoms. The van der Waals surface area contributed by atoms with Crippen LogP contribution in [0.3, 0.4) is 0 Å². The average molecular weight is 235 g/mol. The van der Waals surface area contributed by atoms with Crippen LogP contribution in [-0.4, -0.2) is 20.3 Å². The highest BCUT2D eigenvalue weighted by atomic mass is 16.5. The molecule has 1 aromatic rings. The molecule has 0 saturated heterocycles. The number of hydrogen-bond donors (Lipinski definition) is 1. The molecule has 1 rings (SSSR count). The Hall–Kier alpha value is -0.860. The highest BCUT2D eigenvalue weighted by Gasteiger charge is 2.08. The predicted molar refractivity (Wildman–Crippen MR) is 73.3 cm³/mol. The first-order valence-corrected chi connectivity index (χ1v) is 6.65. The summed E-state index contributed by atoms with van der Waals surface area (Å²) >= 11 is 0. The van der Waals surface area contributed by atoms with E-state index in [-0.39, 0.29) is 0 Å². The fraction of sp³-hybridized carbons (Fsp3) is 0.600. The molecule has 0 amide bonds. The Balaban J connectivity index is 2.53. The van der Waals surface area contributed by atoms with Gasteiger partial charge in [-0.25, -0.2) is 0 Å². The Morgan fingerprint density at radius 3 is 2.76 bits per heavy atom. The third-order valence-electron chi connectivity index (χ3n) is 3.10. The third kappa shape index (κ3) is 4.88. The molecule has 0 aliphatic rings. The van der Waals surface area contributed by atoms with E-state index in [1.807, 2.05) is 14.0 Å². The fourth-order valence-electron chi connectivity index (χ4n) is 2.04. The Bertz CT molecular complexity index is 312. The van der Waals surface area contributed by atoms with Crippen molar-refractivity contribution < 1.29 is 4.74 Å². The van der Waals surface area contributed by atoms with Gasteiger partial charge in [-0.3, -0.25) is 0 Å². The molecule has 2 nitrogen and oxygen atoms in total. The summed E-state index contributed by atoms with van der Waals surface area (Å²) in [6.07, 6.45) is 3.34. The second-order valence-electron chi connectivity index (χ2n) is 4.28. The van der Waals surface area contributed by atoms with Crippen molar-refractivity contribution in [1.82, 2.24) is 5.32 Å². The molecule has 1 unspecified atom stereocenters. The second kappa shape index (κ2) is 8.26. The molecule has 0 radical (unpaired) electrons. The zero-order valence-corrected chi connectivity index (χ0v) is 11.3. The van der Waals surface area contributed by atoms with Crippen LogP contribution in [0.25, 0.3) is 0 Å². The van der Waals surface area contributed by atoms with Crippen molar-refractivity contribution in [2.45, 2.75) is 39.2 Å². The SMILES string of the molecule is CCOCCCC(NC)c1cccc(CC)c1. The summed E-state index contributed by atoms with van der Waals surface area (Å²) in [6.45, 7) is 5.92. The van der Waals surface area contributed by atoms with E-state index < -0.39 is 0 Å². The Morgan fingerprint density at radius 1 is 1.29 bits per heavy atom. The maximum Gasteiger partial charge on any atom is 0.0466 e. The summed E-state index contributed by atoms with van der Waals surface area (Å²) in [4.78, 5) is 0. The van der Waals surface area contributed by atoms with Gasteiger partial charge in [0.2, 0.25) is 0 Å². The van der Waals surface area contributed by atoms with Gasteiger partial charge in [0.1, 0.15) is 0 Å². The van der Waals surface area contributed by atoms with Crippen LogP contribution in [0, 0.1) is 0 Å². The van der Waals surface area contributed by atoms with E-state index >= 15 is 0 Å². The van der Waals surface area contributed by atoms with E-state index in [0.29, 0.717) is 6.04 Å². The van der Waals surface area contributed by atoms with Crippen LogP contribution >= 0.6 is 0 Å². The van der Waals surface area contributed by atoms with Crippen LogP contribution in [0.4, 0.5) is 0 Å². The van der Waals surface area contributed by atoms with Crippen molar-refractivity contribution in [2.75, 3.05) is 20.3 Å². The van der Waals surface area contributed by atoms with Gasteiger partial charge in [-0.05, 0) is 44.4 Å². The molecule has 0 saturated carbocycles. The van der Waals surface area contributed by atoms with Gasteiger partial charge in [-0.2, -0.15) is 0 Å². The lowest BCUT2D eigenvalue weighted by Crippen LogP contribution is -2.17. The topological polar surface area (TPSA) is 21.3 Å². The van der Waals surface area contributed by atoms with E-state index in [0.717, 1.165) is 32.5 Å². The molecule has 0 aliphatic heterocycles. The Morgan fingerprint density at radius 2 is 2.12 bits per heavy atom. The highest BCUT2D eigenvalue weighted by Crippen LogP contribution is 2.19. The molecular weight excluding hydrogens is 210 g/mol. The van der Waals surface area contributed by atoms with Crippen molar-refractivity contribution in [3.8, 4) is 0 Å². The summed E-state index contributed by atoms with van der Waals surface area (Å²) < 4.78 is 5.38. The van der Waals surface area contributed by atoms with Crippen LogP contribution in [0.1, 0.15) is 43.9 Å². The molecule has 17 heavy (non-hydrogen) atoms. The summed E-state index contributed by atoms with van der Waals surface area (Å²) in [5.41, 5.74) is 2.80. The Kier molecular flexibility index (Phi) is 6.90. The van der Waals surface area contributed by atoms with Gasteiger partial charge in [0.15, 0.2) is 0 Å². The minimum Gasteiger partial charge on any atom is -0.382 e. The lowest BCUT2D eigenvalue weighted by atomic mass is 9.99. The van der Waals surface area contributed by atoms with Gasteiger partial charge >= 0.3 is 0 Å². The standard InChI is InChI=1S/C15H25NO/c1-4-13-8-6-9-14(12-13)15(16-3)10-7-11-17-5-2/h6,8-9,12,15-16H,4-5,7,10-11H2,1-3H3. The van der Waals surface area contributed by atoms with Crippen molar-refractivity contribution in [1.29, 1.82) is 0 Å². The first kappa shape index (κ1) is 14.2. The smallest absolute Gasteiger partial charge is 0.0466 e. The average Bonchev–Trinajstić information content (AvgIpc) is 2.39. The van der Waals surface area contributed by atoms with Gasteiger partial charge in [0, 0.05) is 19.3 Å². The van der Waals surface area contributed by atoms with Gasteiger partial charge in [-0.1, -0.05) is 31.2 Å². The maximum absolute atomic E-state index is 5.38. The second-order valence-corrected chi connectivity index (χ2v) is 4.28. The summed E-state index contributed by atoms with van der Waals surface area (Å²) in [6, 6.07) is 9.31. The van der Waals surface area contributed by atoms with Gasteiger partial charge in [-0.15, -0.1) is 0 Å². The number of aryl methyl sites for hydroxylation is 1. The van der Waals surface area contributed by atoms with Crippen molar-refractivity contribution in [2.24, 2.45) is 0 Å². The zero-order chi connectivity index (χ0) is 12.5. The van der Waals surface area contributed by atoms with Crippen molar-refractivity contribution in [3.05, 3.63) is 35.4 Å². The van der Waals surface area contributed by atoms with Crippen LogP contribution in [0.2, 0.25) is 0 Å². The first-order valence-electron chi connectivity index (χ1n) is 6.65. The first-order chi connectivity index (χ1) is 8.31. The van der Waals surface area contributed by atoms with Crippen molar-refractivity contribution in [3.63, 3.8) is 0 Å². The van der Waals surface area contributed by atoms with Crippen LogP contribution in [0.15, 0.2) is 24.3 Å². The molecule has 96 valence electrons. The lowest BCUT2D eigenvalue weighted by molar-refractivity contribution is 0.141. The molecule has 1 N–H and O–H groups in total. The molecule has 2 heteroatoms. The molecule has 0 aromatic heterocycles. The number of hydrogen-bond acceptors (Lipinski definition) is 2. The van der Waals surface area contributed by atoms with E-state index in [2.05, 4.69) is 36.5 Å². The van der Waals surface area contributed by atoms with Gasteiger partial charge in [0.25, 0.3) is 0 Å². The molecule has 0 bridgehead atoms. The quantitative estimate of drug-likeness (QED) is 0.698. The van der Waals surface area contributed by atoms with E-state index in [9.17, 15) is 0 Å². The van der Waals surface area contributed by atoms with Crippen LogP contribution in [-0.2, 0) is 11.2 Å². The number of rotatable bonds is 8. The summed E-state index contributed by atoms with van der Waals surface area (Å²) in [7, 11) is 2.03. The number of ether oxygens (including phenoxy) is 1. The normalized spacial score (nSPS) is 12.6. The van der Waals surface area contributed by atoms with Crippen molar-refractivity contribution >= 4 is 0 Å².